The summed E-state index contributed by atoms with van der Waals surface area (Å²) in [7, 11) is 0. The molecule has 70 valence electrons. The molecule has 0 N–H and O–H groups in total. The van der Waals surface area contributed by atoms with E-state index in [0.717, 1.165) is 24.8 Å². The first-order chi connectivity index (χ1) is 6.38. The number of rotatable bonds is 5. The number of hydrogen-bond acceptors (Lipinski definition) is 3. The molecule has 1 heterocycles. The van der Waals surface area contributed by atoms with E-state index in [-0.39, 0.29) is 0 Å². The fourth-order valence-corrected chi connectivity index (χ4v) is 1.21. The van der Waals surface area contributed by atoms with Gasteiger partial charge in [-0.15, -0.1) is 0 Å². The Morgan fingerprint density at radius 1 is 1.31 bits per heavy atom. The lowest BCUT2D eigenvalue weighted by Gasteiger charge is -2.00. The molecule has 0 aliphatic rings. The molecule has 0 radical (unpaired) electrons. The second-order valence-electron chi connectivity index (χ2n) is 2.96. The van der Waals surface area contributed by atoms with Gasteiger partial charge in [-0.3, -0.25) is 9.78 Å². The molecular formula is C10H14N2O. The van der Waals surface area contributed by atoms with Crippen LogP contribution >= 0.6 is 0 Å². The highest BCUT2D eigenvalue weighted by Crippen LogP contribution is 2.05. The van der Waals surface area contributed by atoms with Crippen LogP contribution in [-0.2, 0) is 6.42 Å². The molecule has 1 rings (SSSR count). The van der Waals surface area contributed by atoms with Gasteiger partial charge in [0.2, 0.25) is 0 Å². The number of carbonyl (C=O) groups excluding carboxylic acids is 1. The second-order valence-corrected chi connectivity index (χ2v) is 2.96. The standard InChI is InChI=1S/C10H14N2O/c1-2-3-4-5-9-10(8-13)12-7-6-11-9/h6-8H,2-5H2,1H3. The largest absolute Gasteiger partial charge is 0.296 e. The molecule has 0 saturated heterocycles. The minimum atomic E-state index is 0.485. The monoisotopic (exact) mass is 178 g/mol. The van der Waals surface area contributed by atoms with Crippen LogP contribution in [0.2, 0.25) is 0 Å². The fourth-order valence-electron chi connectivity index (χ4n) is 1.21. The Morgan fingerprint density at radius 3 is 2.77 bits per heavy atom. The molecule has 0 aliphatic heterocycles. The summed E-state index contributed by atoms with van der Waals surface area (Å²) in [6.07, 6.45) is 8.24. The van der Waals surface area contributed by atoms with Crippen molar-refractivity contribution in [2.24, 2.45) is 0 Å². The van der Waals surface area contributed by atoms with Crippen LogP contribution in [0.1, 0.15) is 42.4 Å². The molecule has 0 amide bonds. The highest BCUT2D eigenvalue weighted by atomic mass is 16.1. The quantitative estimate of drug-likeness (QED) is 0.511. The molecule has 0 aliphatic carbocycles. The Labute approximate surface area is 78.2 Å². The third-order valence-electron chi connectivity index (χ3n) is 1.94. The average molecular weight is 178 g/mol. The summed E-state index contributed by atoms with van der Waals surface area (Å²) >= 11 is 0. The summed E-state index contributed by atoms with van der Waals surface area (Å²) in [5, 5.41) is 0. The van der Waals surface area contributed by atoms with Gasteiger partial charge in [0.05, 0.1) is 5.69 Å². The van der Waals surface area contributed by atoms with Crippen LogP contribution in [0.3, 0.4) is 0 Å². The number of unbranched alkanes of at least 4 members (excludes halogenated alkanes) is 2. The maximum Gasteiger partial charge on any atom is 0.170 e. The van der Waals surface area contributed by atoms with Crippen molar-refractivity contribution < 1.29 is 4.79 Å². The molecule has 3 nitrogen and oxygen atoms in total. The van der Waals surface area contributed by atoms with E-state index in [0.29, 0.717) is 5.69 Å². The zero-order valence-electron chi connectivity index (χ0n) is 7.86. The van der Waals surface area contributed by atoms with Crippen LogP contribution in [0.15, 0.2) is 12.4 Å². The van der Waals surface area contributed by atoms with Crippen molar-refractivity contribution >= 4 is 6.29 Å². The minimum absolute atomic E-state index is 0.485. The van der Waals surface area contributed by atoms with Crippen LogP contribution in [0, 0.1) is 0 Å². The first kappa shape index (κ1) is 9.84. The molecule has 0 saturated carbocycles. The first-order valence-electron chi connectivity index (χ1n) is 4.63. The van der Waals surface area contributed by atoms with E-state index in [2.05, 4.69) is 16.9 Å². The summed E-state index contributed by atoms with van der Waals surface area (Å²) in [5.41, 5.74) is 1.31. The molecule has 0 spiro atoms. The molecule has 0 aromatic carbocycles. The van der Waals surface area contributed by atoms with Crippen molar-refractivity contribution in [3.8, 4) is 0 Å². The summed E-state index contributed by atoms with van der Waals surface area (Å²) in [4.78, 5) is 18.6. The third kappa shape index (κ3) is 2.93. The number of nitrogens with zero attached hydrogens (tertiary/aromatic N) is 2. The lowest BCUT2D eigenvalue weighted by atomic mass is 10.1. The Morgan fingerprint density at radius 2 is 2.08 bits per heavy atom. The van der Waals surface area contributed by atoms with Gasteiger partial charge in [-0.25, -0.2) is 4.98 Å². The van der Waals surface area contributed by atoms with Crippen LogP contribution in [0.4, 0.5) is 0 Å². The normalized spacial score (nSPS) is 9.92. The van der Waals surface area contributed by atoms with Gasteiger partial charge in [-0.2, -0.15) is 0 Å². The van der Waals surface area contributed by atoms with Crippen molar-refractivity contribution in [3.63, 3.8) is 0 Å². The Balaban J connectivity index is 2.59. The highest BCUT2D eigenvalue weighted by Gasteiger charge is 2.02. The maximum absolute atomic E-state index is 10.6. The van der Waals surface area contributed by atoms with Crippen molar-refractivity contribution in [1.29, 1.82) is 0 Å². The molecule has 0 fully saturated rings. The van der Waals surface area contributed by atoms with E-state index < -0.39 is 0 Å². The maximum atomic E-state index is 10.6. The summed E-state index contributed by atoms with van der Waals surface area (Å²) in [5.74, 6) is 0. The molecule has 13 heavy (non-hydrogen) atoms. The van der Waals surface area contributed by atoms with E-state index in [1.807, 2.05) is 0 Å². The van der Waals surface area contributed by atoms with Crippen molar-refractivity contribution in [1.82, 2.24) is 9.97 Å². The SMILES string of the molecule is CCCCCc1nccnc1C=O. The topological polar surface area (TPSA) is 42.9 Å². The Hall–Kier alpha value is -1.25. The van der Waals surface area contributed by atoms with Gasteiger partial charge in [-0.05, 0) is 12.8 Å². The van der Waals surface area contributed by atoms with E-state index in [4.69, 9.17) is 0 Å². The van der Waals surface area contributed by atoms with Gasteiger partial charge in [0, 0.05) is 12.4 Å². The molecular weight excluding hydrogens is 164 g/mol. The van der Waals surface area contributed by atoms with Crippen LogP contribution in [0.25, 0.3) is 0 Å². The van der Waals surface area contributed by atoms with Gasteiger partial charge in [-0.1, -0.05) is 19.8 Å². The number of hydrogen-bond donors (Lipinski definition) is 0. The Kier molecular flexibility index (Phi) is 4.09. The van der Waals surface area contributed by atoms with Crippen LogP contribution < -0.4 is 0 Å². The predicted molar refractivity (Wildman–Crippen MR) is 50.6 cm³/mol. The molecule has 0 atom stereocenters. The van der Waals surface area contributed by atoms with Crippen molar-refractivity contribution in [2.45, 2.75) is 32.6 Å². The zero-order valence-corrected chi connectivity index (χ0v) is 7.86. The van der Waals surface area contributed by atoms with Gasteiger partial charge in [0.25, 0.3) is 0 Å². The van der Waals surface area contributed by atoms with Gasteiger partial charge in [0.1, 0.15) is 5.69 Å². The highest BCUT2D eigenvalue weighted by molar-refractivity contribution is 5.73. The zero-order chi connectivity index (χ0) is 9.52. The molecule has 3 heteroatoms. The minimum Gasteiger partial charge on any atom is -0.296 e. The van der Waals surface area contributed by atoms with E-state index >= 15 is 0 Å². The van der Waals surface area contributed by atoms with Crippen LogP contribution in [-0.4, -0.2) is 16.3 Å². The lowest BCUT2D eigenvalue weighted by Crippen LogP contribution is -1.99. The Bertz CT molecular complexity index is 273. The molecule has 0 bridgehead atoms. The molecule has 1 aromatic rings. The van der Waals surface area contributed by atoms with Crippen molar-refractivity contribution in [2.75, 3.05) is 0 Å². The number of aryl methyl sites for hydroxylation is 1. The predicted octanol–water partition coefficient (Wildman–Crippen LogP) is 2.02. The van der Waals surface area contributed by atoms with Gasteiger partial charge < -0.3 is 0 Å². The number of carbonyl (C=O) groups is 1. The van der Waals surface area contributed by atoms with E-state index in [9.17, 15) is 4.79 Å². The van der Waals surface area contributed by atoms with Gasteiger partial charge in [0.15, 0.2) is 6.29 Å². The fraction of sp³-hybridized carbons (Fsp3) is 0.500. The number of aromatic nitrogens is 2. The summed E-state index contributed by atoms with van der Waals surface area (Å²) in [6, 6.07) is 0. The molecule has 0 unspecified atom stereocenters. The van der Waals surface area contributed by atoms with E-state index in [1.165, 1.54) is 12.8 Å². The van der Waals surface area contributed by atoms with Crippen molar-refractivity contribution in [3.05, 3.63) is 23.8 Å². The summed E-state index contributed by atoms with van der Waals surface area (Å²) in [6.45, 7) is 2.15. The number of aldehydes is 1. The smallest absolute Gasteiger partial charge is 0.170 e. The average Bonchev–Trinajstić information content (AvgIpc) is 2.19. The third-order valence-corrected chi connectivity index (χ3v) is 1.94. The van der Waals surface area contributed by atoms with Crippen LogP contribution in [0.5, 0.6) is 0 Å². The molecule has 1 aromatic heterocycles. The lowest BCUT2D eigenvalue weighted by molar-refractivity contribution is 0.111. The summed E-state index contributed by atoms with van der Waals surface area (Å²) < 4.78 is 0. The first-order valence-corrected chi connectivity index (χ1v) is 4.63. The second kappa shape index (κ2) is 5.41. The van der Waals surface area contributed by atoms with E-state index in [1.54, 1.807) is 12.4 Å². The van der Waals surface area contributed by atoms with Gasteiger partial charge >= 0.3 is 0 Å².